The molecule has 0 aromatic carbocycles. The maximum atomic E-state index is 11.8. The normalized spacial score (nSPS) is 20.1. The molecule has 2 rings (SSSR count). The van der Waals surface area contributed by atoms with E-state index in [-0.39, 0.29) is 6.03 Å². The summed E-state index contributed by atoms with van der Waals surface area (Å²) in [7, 11) is 0. The summed E-state index contributed by atoms with van der Waals surface area (Å²) in [6.07, 6.45) is 2.45. The van der Waals surface area contributed by atoms with E-state index in [2.05, 4.69) is 29.4 Å². The molecule has 1 aromatic heterocycles. The van der Waals surface area contributed by atoms with Gasteiger partial charge in [0.15, 0.2) is 0 Å². The monoisotopic (exact) mass is 295 g/mol. The lowest BCUT2D eigenvalue weighted by Crippen LogP contribution is -2.45. The fourth-order valence-electron chi connectivity index (χ4n) is 2.61. The Labute approximate surface area is 125 Å². The molecular weight excluding hydrogens is 270 g/mol. The summed E-state index contributed by atoms with van der Waals surface area (Å²) in [4.78, 5) is 15.4. The minimum Gasteiger partial charge on any atom is -0.338 e. The predicted molar refractivity (Wildman–Crippen MR) is 84.0 cm³/mol. The fraction of sp³-hybridized carbons (Fsp3) is 0.667. The van der Waals surface area contributed by atoms with Crippen LogP contribution >= 0.6 is 11.3 Å². The second-order valence-electron chi connectivity index (χ2n) is 5.74. The first-order valence-corrected chi connectivity index (χ1v) is 8.31. The average Bonchev–Trinajstić information content (AvgIpc) is 2.96. The Kier molecular flexibility index (Phi) is 5.86. The van der Waals surface area contributed by atoms with Crippen LogP contribution in [0, 0.1) is 5.92 Å². The fourth-order valence-corrected chi connectivity index (χ4v) is 3.26. The van der Waals surface area contributed by atoms with Gasteiger partial charge in [-0.25, -0.2) is 4.79 Å². The number of urea groups is 1. The van der Waals surface area contributed by atoms with Gasteiger partial charge in [0.05, 0.1) is 6.54 Å². The Balaban J connectivity index is 1.65. The highest BCUT2D eigenvalue weighted by Gasteiger charge is 2.21. The Morgan fingerprint density at radius 3 is 3.05 bits per heavy atom. The molecule has 112 valence electrons. The van der Waals surface area contributed by atoms with E-state index in [0.29, 0.717) is 18.5 Å². The number of likely N-dealkylation sites (tertiary alicyclic amines) is 1. The molecule has 20 heavy (non-hydrogen) atoms. The molecule has 2 N–H and O–H groups in total. The average molecular weight is 295 g/mol. The molecule has 0 saturated carbocycles. The highest BCUT2D eigenvalue weighted by atomic mass is 32.1. The number of carbonyl (C=O) groups excluding carboxylic acids is 1. The van der Waals surface area contributed by atoms with Crippen LogP contribution in [0.4, 0.5) is 4.79 Å². The number of nitrogens with zero attached hydrogens (tertiary/aromatic N) is 1. The van der Waals surface area contributed by atoms with Gasteiger partial charge in [-0.05, 0) is 50.6 Å². The lowest BCUT2D eigenvalue weighted by Gasteiger charge is -2.35. The van der Waals surface area contributed by atoms with E-state index in [9.17, 15) is 4.79 Å². The van der Waals surface area contributed by atoms with Gasteiger partial charge in [0.1, 0.15) is 0 Å². The maximum absolute atomic E-state index is 11.8. The smallest absolute Gasteiger partial charge is 0.315 e. The molecule has 1 fully saturated rings. The Hall–Kier alpha value is -1.07. The van der Waals surface area contributed by atoms with Crippen LogP contribution in [0.5, 0.6) is 0 Å². The highest BCUT2D eigenvalue weighted by Crippen LogP contribution is 2.17. The molecule has 4 nitrogen and oxygen atoms in total. The Bertz CT molecular complexity index is 405. The van der Waals surface area contributed by atoms with Gasteiger partial charge >= 0.3 is 6.03 Å². The first kappa shape index (κ1) is 15.3. The molecule has 1 unspecified atom stereocenters. The van der Waals surface area contributed by atoms with Crippen LogP contribution in [-0.2, 0) is 6.54 Å². The van der Waals surface area contributed by atoms with Crippen molar-refractivity contribution in [2.75, 3.05) is 19.6 Å². The number of piperidine rings is 1. The Morgan fingerprint density at radius 2 is 2.35 bits per heavy atom. The van der Waals surface area contributed by atoms with Crippen molar-refractivity contribution in [3.63, 3.8) is 0 Å². The van der Waals surface area contributed by atoms with Crippen molar-refractivity contribution in [3.05, 3.63) is 22.4 Å². The molecule has 2 amide bonds. The Morgan fingerprint density at radius 1 is 1.50 bits per heavy atom. The van der Waals surface area contributed by atoms with Gasteiger partial charge in [-0.1, -0.05) is 6.07 Å². The van der Waals surface area contributed by atoms with Crippen LogP contribution in [0.1, 0.15) is 31.6 Å². The van der Waals surface area contributed by atoms with Crippen LogP contribution < -0.4 is 10.6 Å². The van der Waals surface area contributed by atoms with Crippen LogP contribution in [0.3, 0.4) is 0 Å². The van der Waals surface area contributed by atoms with Crippen LogP contribution in [0.25, 0.3) is 0 Å². The quantitative estimate of drug-likeness (QED) is 0.877. The van der Waals surface area contributed by atoms with E-state index >= 15 is 0 Å². The van der Waals surface area contributed by atoms with Crippen molar-refractivity contribution >= 4 is 17.4 Å². The summed E-state index contributed by atoms with van der Waals surface area (Å²) in [5.74, 6) is 0.582. The lowest BCUT2D eigenvalue weighted by molar-refractivity contribution is 0.139. The number of amides is 2. The van der Waals surface area contributed by atoms with Gasteiger partial charge in [0.25, 0.3) is 0 Å². The molecule has 0 aliphatic carbocycles. The van der Waals surface area contributed by atoms with Crippen molar-refractivity contribution in [1.82, 2.24) is 15.5 Å². The summed E-state index contributed by atoms with van der Waals surface area (Å²) >= 11 is 1.67. The molecule has 0 radical (unpaired) electrons. The van der Waals surface area contributed by atoms with Gasteiger partial charge in [0, 0.05) is 24.0 Å². The van der Waals surface area contributed by atoms with Crippen LogP contribution in [-0.4, -0.2) is 36.6 Å². The molecule has 1 atom stereocenters. The van der Waals surface area contributed by atoms with Crippen molar-refractivity contribution in [1.29, 1.82) is 0 Å². The van der Waals surface area contributed by atoms with E-state index in [4.69, 9.17) is 0 Å². The first-order valence-electron chi connectivity index (χ1n) is 7.43. The predicted octanol–water partition coefficient (Wildman–Crippen LogP) is 2.67. The molecule has 5 heteroatoms. The molecule has 0 bridgehead atoms. The third-order valence-electron chi connectivity index (χ3n) is 3.84. The van der Waals surface area contributed by atoms with Crippen molar-refractivity contribution in [2.45, 2.75) is 39.3 Å². The number of thiophene rings is 1. The first-order chi connectivity index (χ1) is 9.65. The standard InChI is InChI=1S/C15H25N3OS/c1-12(2)18-7-3-5-13(11-18)9-16-15(19)17-10-14-6-4-8-20-14/h4,6,8,12-13H,3,5,7,9-11H2,1-2H3,(H2,16,17,19). The number of rotatable bonds is 5. The summed E-state index contributed by atoms with van der Waals surface area (Å²) in [5, 5.41) is 7.93. The van der Waals surface area contributed by atoms with Gasteiger partial charge < -0.3 is 15.5 Å². The number of carbonyl (C=O) groups is 1. The molecule has 1 aliphatic rings. The second kappa shape index (κ2) is 7.64. The largest absolute Gasteiger partial charge is 0.338 e. The third-order valence-corrected chi connectivity index (χ3v) is 4.71. The highest BCUT2D eigenvalue weighted by molar-refractivity contribution is 7.09. The number of nitrogens with one attached hydrogen (secondary N) is 2. The summed E-state index contributed by atoms with van der Waals surface area (Å²) in [6.45, 7) is 8.17. The zero-order valence-electron chi connectivity index (χ0n) is 12.4. The van der Waals surface area contributed by atoms with E-state index in [1.807, 2.05) is 17.5 Å². The van der Waals surface area contributed by atoms with Gasteiger partial charge in [-0.3, -0.25) is 0 Å². The summed E-state index contributed by atoms with van der Waals surface area (Å²) < 4.78 is 0. The summed E-state index contributed by atoms with van der Waals surface area (Å²) in [6, 6.07) is 4.58. The van der Waals surface area contributed by atoms with Crippen LogP contribution in [0.15, 0.2) is 17.5 Å². The number of hydrogen-bond acceptors (Lipinski definition) is 3. The van der Waals surface area contributed by atoms with Crippen molar-refractivity contribution in [3.8, 4) is 0 Å². The van der Waals surface area contributed by atoms with Gasteiger partial charge in [-0.2, -0.15) is 0 Å². The van der Waals surface area contributed by atoms with Gasteiger partial charge in [-0.15, -0.1) is 11.3 Å². The minimum atomic E-state index is -0.0555. The van der Waals surface area contributed by atoms with Crippen molar-refractivity contribution < 1.29 is 4.79 Å². The SMILES string of the molecule is CC(C)N1CCCC(CNC(=O)NCc2cccs2)C1. The topological polar surface area (TPSA) is 44.4 Å². The molecule has 1 saturated heterocycles. The molecule has 1 aromatic rings. The zero-order valence-corrected chi connectivity index (χ0v) is 13.2. The van der Waals surface area contributed by atoms with Crippen LogP contribution in [0.2, 0.25) is 0 Å². The third kappa shape index (κ3) is 4.80. The summed E-state index contributed by atoms with van der Waals surface area (Å²) in [5.41, 5.74) is 0. The minimum absolute atomic E-state index is 0.0555. The number of hydrogen-bond donors (Lipinski definition) is 2. The zero-order chi connectivity index (χ0) is 14.4. The lowest BCUT2D eigenvalue weighted by atomic mass is 9.97. The van der Waals surface area contributed by atoms with E-state index in [1.54, 1.807) is 11.3 Å². The van der Waals surface area contributed by atoms with Crippen molar-refractivity contribution in [2.24, 2.45) is 5.92 Å². The molecule has 2 heterocycles. The second-order valence-corrected chi connectivity index (χ2v) is 6.77. The molecule has 1 aliphatic heterocycles. The van der Waals surface area contributed by atoms with E-state index in [1.165, 1.54) is 24.3 Å². The van der Waals surface area contributed by atoms with E-state index < -0.39 is 0 Å². The van der Waals surface area contributed by atoms with E-state index in [0.717, 1.165) is 13.1 Å². The molecule has 0 spiro atoms. The van der Waals surface area contributed by atoms with Gasteiger partial charge in [0.2, 0.25) is 0 Å². The molecular formula is C15H25N3OS. The maximum Gasteiger partial charge on any atom is 0.315 e.